The van der Waals surface area contributed by atoms with E-state index in [1.54, 1.807) is 6.20 Å². The molecule has 2 rings (SSSR count). The highest BCUT2D eigenvalue weighted by molar-refractivity contribution is 5.22. The Labute approximate surface area is 124 Å². The second-order valence-electron chi connectivity index (χ2n) is 4.98. The molecule has 0 fully saturated rings. The van der Waals surface area contributed by atoms with Gasteiger partial charge in [0.2, 0.25) is 0 Å². The van der Waals surface area contributed by atoms with E-state index in [1.165, 1.54) is 18.2 Å². The van der Waals surface area contributed by atoms with Crippen molar-refractivity contribution in [3.05, 3.63) is 53.6 Å². The largest absolute Gasteiger partial charge is 0.334 e. The van der Waals surface area contributed by atoms with Gasteiger partial charge in [-0.15, -0.1) is 0 Å². The molecule has 2 aromatic rings. The Bertz CT molecular complexity index is 560. The average molecular weight is 293 g/mol. The molecule has 0 amide bonds. The van der Waals surface area contributed by atoms with Gasteiger partial charge in [-0.25, -0.2) is 13.8 Å². The molecule has 114 valence electrons. The molecule has 0 aliphatic heterocycles. The maximum absolute atomic E-state index is 13.9. The predicted molar refractivity (Wildman–Crippen MR) is 79.0 cm³/mol. The fraction of sp³-hybridized carbons (Fsp3) is 0.438. The number of nitrogens with one attached hydrogen (secondary N) is 1. The second kappa shape index (κ2) is 7.31. The molecule has 0 saturated carbocycles. The predicted octanol–water partition coefficient (Wildman–Crippen LogP) is 3.46. The number of hydrogen-bond acceptors (Lipinski definition) is 2. The molecule has 21 heavy (non-hydrogen) atoms. The summed E-state index contributed by atoms with van der Waals surface area (Å²) in [7, 11) is 0. The molecule has 1 aromatic carbocycles. The molecular weight excluding hydrogens is 272 g/mol. The Balaban J connectivity index is 2.28. The Morgan fingerprint density at radius 2 is 1.95 bits per heavy atom. The zero-order valence-electron chi connectivity index (χ0n) is 12.4. The molecule has 0 radical (unpaired) electrons. The number of aromatic nitrogens is 2. The first kappa shape index (κ1) is 15.6. The van der Waals surface area contributed by atoms with Crippen molar-refractivity contribution in [1.29, 1.82) is 0 Å². The van der Waals surface area contributed by atoms with Crippen molar-refractivity contribution >= 4 is 0 Å². The van der Waals surface area contributed by atoms with Crippen LogP contribution in [0, 0.1) is 11.6 Å². The summed E-state index contributed by atoms with van der Waals surface area (Å²) in [5.41, 5.74) is 0.108. The van der Waals surface area contributed by atoms with Gasteiger partial charge in [-0.05, 0) is 32.0 Å². The zero-order chi connectivity index (χ0) is 15.2. The Hall–Kier alpha value is -1.75. The third-order valence-corrected chi connectivity index (χ3v) is 3.51. The summed E-state index contributed by atoms with van der Waals surface area (Å²) in [5.74, 6) is -0.200. The molecule has 0 saturated heterocycles. The van der Waals surface area contributed by atoms with Gasteiger partial charge in [0.05, 0.1) is 6.04 Å². The van der Waals surface area contributed by atoms with E-state index in [-0.39, 0.29) is 18.0 Å². The van der Waals surface area contributed by atoms with Crippen molar-refractivity contribution in [3.63, 3.8) is 0 Å². The van der Waals surface area contributed by atoms with Crippen molar-refractivity contribution in [2.75, 3.05) is 6.54 Å². The quantitative estimate of drug-likeness (QED) is 0.847. The third kappa shape index (κ3) is 3.67. The summed E-state index contributed by atoms with van der Waals surface area (Å²) in [5, 5.41) is 3.33. The van der Waals surface area contributed by atoms with Gasteiger partial charge >= 0.3 is 0 Å². The first-order chi connectivity index (χ1) is 10.2. The highest BCUT2D eigenvalue weighted by Crippen LogP contribution is 2.21. The van der Waals surface area contributed by atoms with E-state index in [2.05, 4.69) is 17.2 Å². The maximum Gasteiger partial charge on any atom is 0.129 e. The summed E-state index contributed by atoms with van der Waals surface area (Å²) >= 11 is 0. The summed E-state index contributed by atoms with van der Waals surface area (Å²) in [6.07, 6.45) is 4.80. The normalized spacial score (nSPS) is 12.6. The van der Waals surface area contributed by atoms with E-state index in [9.17, 15) is 8.78 Å². The van der Waals surface area contributed by atoms with Crippen LogP contribution in [0.3, 0.4) is 0 Å². The van der Waals surface area contributed by atoms with Gasteiger partial charge in [-0.2, -0.15) is 0 Å². The molecule has 1 aromatic heterocycles. The Morgan fingerprint density at radius 1 is 1.24 bits per heavy atom. The molecule has 0 aliphatic carbocycles. The van der Waals surface area contributed by atoms with Gasteiger partial charge in [0.25, 0.3) is 0 Å². The van der Waals surface area contributed by atoms with Crippen LogP contribution in [-0.4, -0.2) is 16.1 Å². The van der Waals surface area contributed by atoms with Crippen LogP contribution >= 0.6 is 0 Å². The van der Waals surface area contributed by atoms with Crippen LogP contribution in [0.2, 0.25) is 0 Å². The van der Waals surface area contributed by atoms with Gasteiger partial charge in [0.1, 0.15) is 17.5 Å². The standard InChI is InChI=1S/C16H21F2N3/c1-3-8-19-15(16-20-9-10-21(16)4-2)11-12-13(17)6-5-7-14(12)18/h5-7,9-10,15,19H,3-4,8,11H2,1-2H3. The first-order valence-electron chi connectivity index (χ1n) is 7.34. The molecule has 0 aliphatic rings. The first-order valence-corrected chi connectivity index (χ1v) is 7.34. The lowest BCUT2D eigenvalue weighted by atomic mass is 10.0. The monoisotopic (exact) mass is 293 g/mol. The summed E-state index contributed by atoms with van der Waals surface area (Å²) in [4.78, 5) is 4.35. The lowest BCUT2D eigenvalue weighted by molar-refractivity contribution is 0.459. The van der Waals surface area contributed by atoms with Crippen LogP contribution in [0.15, 0.2) is 30.6 Å². The van der Waals surface area contributed by atoms with Crippen LogP contribution < -0.4 is 5.32 Å². The van der Waals surface area contributed by atoms with E-state index in [1.807, 2.05) is 17.7 Å². The Morgan fingerprint density at radius 3 is 2.57 bits per heavy atom. The van der Waals surface area contributed by atoms with E-state index >= 15 is 0 Å². The van der Waals surface area contributed by atoms with Crippen LogP contribution in [0.25, 0.3) is 0 Å². The van der Waals surface area contributed by atoms with Gasteiger partial charge < -0.3 is 9.88 Å². The number of rotatable bonds is 7. The molecule has 1 unspecified atom stereocenters. The van der Waals surface area contributed by atoms with E-state index in [4.69, 9.17) is 0 Å². The number of benzene rings is 1. The highest BCUT2D eigenvalue weighted by atomic mass is 19.1. The summed E-state index contributed by atoms with van der Waals surface area (Å²) in [6.45, 7) is 5.63. The van der Waals surface area contributed by atoms with E-state index < -0.39 is 11.6 Å². The maximum atomic E-state index is 13.9. The number of aryl methyl sites for hydroxylation is 1. The number of imidazole rings is 1. The van der Waals surface area contributed by atoms with Crippen LogP contribution in [0.1, 0.15) is 37.7 Å². The van der Waals surface area contributed by atoms with Crippen LogP contribution in [-0.2, 0) is 13.0 Å². The van der Waals surface area contributed by atoms with Crippen LogP contribution in [0.4, 0.5) is 8.78 Å². The lowest BCUT2D eigenvalue weighted by Gasteiger charge is -2.20. The highest BCUT2D eigenvalue weighted by Gasteiger charge is 2.20. The smallest absolute Gasteiger partial charge is 0.129 e. The van der Waals surface area contributed by atoms with Gasteiger partial charge in [-0.1, -0.05) is 13.0 Å². The molecule has 1 atom stereocenters. The van der Waals surface area contributed by atoms with Gasteiger partial charge in [0, 0.05) is 30.9 Å². The van der Waals surface area contributed by atoms with Gasteiger partial charge in [-0.3, -0.25) is 0 Å². The minimum absolute atomic E-state index is 0.108. The second-order valence-corrected chi connectivity index (χ2v) is 4.98. The fourth-order valence-corrected chi connectivity index (χ4v) is 2.40. The van der Waals surface area contributed by atoms with Crippen molar-refractivity contribution in [3.8, 4) is 0 Å². The fourth-order valence-electron chi connectivity index (χ4n) is 2.40. The molecular formula is C16H21F2N3. The van der Waals surface area contributed by atoms with Gasteiger partial charge in [0.15, 0.2) is 0 Å². The van der Waals surface area contributed by atoms with Crippen molar-refractivity contribution in [1.82, 2.24) is 14.9 Å². The van der Waals surface area contributed by atoms with Crippen LogP contribution in [0.5, 0.6) is 0 Å². The van der Waals surface area contributed by atoms with Crippen molar-refractivity contribution in [2.24, 2.45) is 0 Å². The van der Waals surface area contributed by atoms with E-state index in [0.717, 1.165) is 25.3 Å². The average Bonchev–Trinajstić information content (AvgIpc) is 2.94. The molecule has 0 spiro atoms. The zero-order valence-corrected chi connectivity index (χ0v) is 12.4. The number of halogens is 2. The number of nitrogens with zero attached hydrogens (tertiary/aromatic N) is 2. The van der Waals surface area contributed by atoms with Crippen molar-refractivity contribution < 1.29 is 8.78 Å². The summed E-state index contributed by atoms with van der Waals surface area (Å²) < 4.78 is 29.7. The SMILES string of the molecule is CCCNC(Cc1c(F)cccc1F)c1nccn1CC. The Kier molecular flexibility index (Phi) is 5.44. The molecule has 1 N–H and O–H groups in total. The summed E-state index contributed by atoms with van der Waals surface area (Å²) in [6, 6.07) is 3.77. The molecule has 0 bridgehead atoms. The minimum Gasteiger partial charge on any atom is -0.334 e. The topological polar surface area (TPSA) is 29.9 Å². The minimum atomic E-state index is -0.507. The van der Waals surface area contributed by atoms with Crippen molar-refractivity contribution in [2.45, 2.75) is 39.3 Å². The third-order valence-electron chi connectivity index (χ3n) is 3.51. The molecule has 1 heterocycles. The lowest BCUT2D eigenvalue weighted by Crippen LogP contribution is -2.27. The number of hydrogen-bond donors (Lipinski definition) is 1. The molecule has 3 nitrogen and oxygen atoms in total. The molecule has 5 heteroatoms. The van der Waals surface area contributed by atoms with E-state index in [0.29, 0.717) is 0 Å².